The van der Waals surface area contributed by atoms with Gasteiger partial charge in [-0.25, -0.2) is 4.39 Å². The highest BCUT2D eigenvalue weighted by Crippen LogP contribution is 2.41. The van der Waals surface area contributed by atoms with Gasteiger partial charge in [0.2, 0.25) is 17.6 Å². The van der Waals surface area contributed by atoms with Gasteiger partial charge in [0.15, 0.2) is 11.5 Å². The zero-order chi connectivity index (χ0) is 30.3. The largest absolute Gasteiger partial charge is 0.493 e. The van der Waals surface area contributed by atoms with Gasteiger partial charge >= 0.3 is 0 Å². The van der Waals surface area contributed by atoms with Gasteiger partial charge in [-0.1, -0.05) is 49.6 Å². The van der Waals surface area contributed by atoms with E-state index in [9.17, 15) is 14.0 Å². The fourth-order valence-corrected chi connectivity index (χ4v) is 5.91. The van der Waals surface area contributed by atoms with E-state index in [4.69, 9.17) is 14.2 Å². The minimum atomic E-state index is -1.03. The molecule has 1 aromatic heterocycles. The van der Waals surface area contributed by atoms with E-state index in [1.54, 1.807) is 29.2 Å². The van der Waals surface area contributed by atoms with Crippen molar-refractivity contribution in [1.82, 2.24) is 15.2 Å². The average Bonchev–Trinajstić information content (AvgIpc) is 3.44. The molecule has 2 N–H and O–H groups in total. The average molecular weight is 588 g/mol. The van der Waals surface area contributed by atoms with Gasteiger partial charge in [-0.15, -0.1) is 0 Å². The van der Waals surface area contributed by atoms with Gasteiger partial charge in [-0.05, 0) is 59.9 Å². The molecule has 1 saturated carbocycles. The van der Waals surface area contributed by atoms with Gasteiger partial charge in [0.1, 0.15) is 11.9 Å². The smallest absolute Gasteiger partial charge is 0.247 e. The lowest BCUT2D eigenvalue weighted by atomic mass is 9.94. The number of carbonyl (C=O) groups is 2. The fourth-order valence-electron chi connectivity index (χ4n) is 5.91. The number of aromatic nitrogens is 1. The molecular formula is C34H38FN3O5. The molecule has 8 nitrogen and oxygen atoms in total. The Morgan fingerprint density at radius 3 is 2.28 bits per heavy atom. The van der Waals surface area contributed by atoms with E-state index in [-0.39, 0.29) is 36.6 Å². The number of benzene rings is 3. The van der Waals surface area contributed by atoms with Crippen molar-refractivity contribution in [3.05, 3.63) is 89.4 Å². The highest BCUT2D eigenvalue weighted by molar-refractivity contribution is 5.92. The molecule has 2 amide bonds. The van der Waals surface area contributed by atoms with Crippen LogP contribution in [0.4, 0.5) is 4.39 Å². The summed E-state index contributed by atoms with van der Waals surface area (Å²) in [6.07, 6.45) is 6.88. The molecule has 0 aliphatic heterocycles. The molecule has 43 heavy (non-hydrogen) atoms. The monoisotopic (exact) mass is 587 g/mol. The Kier molecular flexibility index (Phi) is 9.49. The van der Waals surface area contributed by atoms with Crippen LogP contribution in [0.2, 0.25) is 0 Å². The van der Waals surface area contributed by atoms with Crippen molar-refractivity contribution >= 4 is 22.7 Å². The summed E-state index contributed by atoms with van der Waals surface area (Å²) < 4.78 is 30.6. The molecule has 0 radical (unpaired) electrons. The van der Waals surface area contributed by atoms with Crippen molar-refractivity contribution in [2.24, 2.45) is 0 Å². The van der Waals surface area contributed by atoms with Crippen LogP contribution in [0.3, 0.4) is 0 Å². The third-order valence-electron chi connectivity index (χ3n) is 8.12. The molecular weight excluding hydrogens is 549 g/mol. The first-order valence-corrected chi connectivity index (χ1v) is 14.6. The summed E-state index contributed by atoms with van der Waals surface area (Å²) in [5, 5.41) is 4.17. The van der Waals surface area contributed by atoms with Gasteiger partial charge in [0, 0.05) is 29.7 Å². The molecule has 3 aromatic carbocycles. The first-order valence-electron chi connectivity index (χ1n) is 14.6. The van der Waals surface area contributed by atoms with Crippen molar-refractivity contribution in [1.29, 1.82) is 0 Å². The standard InChI is InChI=1S/C34H38FN3O5/c1-41-29-17-23(18-30(42-2)33(29)43-3)32(34(40)37-26-9-5-4-6-10-26)38(21-22-13-15-25(35)16-14-22)31(39)19-24-20-36-28-12-8-7-11-27(24)28/h7-8,11-18,20,26,32,36H,4-6,9-10,19,21H2,1-3H3,(H,37,40)/t32-/m0/s1. The third kappa shape index (κ3) is 6.77. The van der Waals surface area contributed by atoms with Crippen LogP contribution in [0.1, 0.15) is 54.8 Å². The number of rotatable bonds is 11. The number of para-hydroxylation sites is 1. The molecule has 0 bridgehead atoms. The second-order valence-electron chi connectivity index (χ2n) is 10.9. The zero-order valence-corrected chi connectivity index (χ0v) is 24.8. The van der Waals surface area contributed by atoms with Crippen molar-refractivity contribution in [3.63, 3.8) is 0 Å². The maximum Gasteiger partial charge on any atom is 0.247 e. The number of fused-ring (bicyclic) bond motifs is 1. The zero-order valence-electron chi connectivity index (χ0n) is 24.8. The third-order valence-corrected chi connectivity index (χ3v) is 8.12. The minimum absolute atomic E-state index is 0.0159. The Balaban J connectivity index is 1.60. The molecule has 1 heterocycles. The van der Waals surface area contributed by atoms with E-state index in [2.05, 4.69) is 10.3 Å². The molecule has 9 heteroatoms. The number of nitrogens with one attached hydrogen (secondary N) is 2. The van der Waals surface area contributed by atoms with Crippen LogP contribution in [0.25, 0.3) is 10.9 Å². The van der Waals surface area contributed by atoms with Crippen molar-refractivity contribution < 1.29 is 28.2 Å². The predicted octanol–water partition coefficient (Wildman–Crippen LogP) is 6.09. The topological polar surface area (TPSA) is 92.9 Å². The number of methoxy groups -OCH3 is 3. The highest BCUT2D eigenvalue weighted by atomic mass is 19.1. The lowest BCUT2D eigenvalue weighted by Gasteiger charge is -2.34. The van der Waals surface area contributed by atoms with Crippen LogP contribution in [0, 0.1) is 5.82 Å². The summed E-state index contributed by atoms with van der Waals surface area (Å²) in [6, 6.07) is 16.2. The van der Waals surface area contributed by atoms with E-state index in [0.29, 0.717) is 28.4 Å². The second kappa shape index (κ2) is 13.6. The Hall–Kier alpha value is -4.53. The Labute approximate surface area is 251 Å². The second-order valence-corrected chi connectivity index (χ2v) is 10.9. The summed E-state index contributed by atoms with van der Waals surface area (Å²) in [6.45, 7) is 0.0842. The predicted molar refractivity (Wildman–Crippen MR) is 163 cm³/mol. The molecule has 5 rings (SSSR count). The summed E-state index contributed by atoms with van der Waals surface area (Å²) in [4.78, 5) is 33.4. The van der Waals surface area contributed by atoms with Crippen LogP contribution < -0.4 is 19.5 Å². The van der Waals surface area contributed by atoms with Gasteiger partial charge in [0.05, 0.1) is 27.8 Å². The summed E-state index contributed by atoms with van der Waals surface area (Å²) in [5.41, 5.74) is 2.95. The van der Waals surface area contributed by atoms with E-state index >= 15 is 0 Å². The number of hydrogen-bond acceptors (Lipinski definition) is 5. The van der Waals surface area contributed by atoms with E-state index < -0.39 is 6.04 Å². The Bertz CT molecular complexity index is 1540. The number of nitrogens with zero attached hydrogens (tertiary/aromatic N) is 1. The van der Waals surface area contributed by atoms with Crippen LogP contribution in [0.5, 0.6) is 17.2 Å². The van der Waals surface area contributed by atoms with Gasteiger partial charge in [-0.2, -0.15) is 0 Å². The van der Waals surface area contributed by atoms with Gasteiger partial charge in [-0.3, -0.25) is 9.59 Å². The van der Waals surface area contributed by atoms with Crippen molar-refractivity contribution in [2.75, 3.05) is 21.3 Å². The Morgan fingerprint density at radius 2 is 1.63 bits per heavy atom. The quantitative estimate of drug-likeness (QED) is 0.221. The van der Waals surface area contributed by atoms with Crippen molar-refractivity contribution in [2.45, 2.75) is 57.2 Å². The van der Waals surface area contributed by atoms with E-state index in [0.717, 1.165) is 48.6 Å². The maximum atomic E-state index is 14.3. The van der Waals surface area contributed by atoms with E-state index in [1.807, 2.05) is 30.5 Å². The number of hydrogen-bond donors (Lipinski definition) is 2. The van der Waals surface area contributed by atoms with Crippen molar-refractivity contribution in [3.8, 4) is 17.2 Å². The van der Waals surface area contributed by atoms with Crippen LogP contribution >= 0.6 is 0 Å². The van der Waals surface area contributed by atoms with Crippen LogP contribution in [-0.2, 0) is 22.6 Å². The minimum Gasteiger partial charge on any atom is -0.493 e. The summed E-state index contributed by atoms with van der Waals surface area (Å²) >= 11 is 0. The van der Waals surface area contributed by atoms with Gasteiger partial charge < -0.3 is 29.4 Å². The number of amides is 2. The summed E-state index contributed by atoms with van der Waals surface area (Å²) in [7, 11) is 4.53. The molecule has 1 atom stereocenters. The molecule has 4 aromatic rings. The maximum absolute atomic E-state index is 14.3. The Morgan fingerprint density at radius 1 is 0.953 bits per heavy atom. The number of H-pyrrole nitrogens is 1. The molecule has 1 aliphatic carbocycles. The SMILES string of the molecule is COc1cc([C@@H](C(=O)NC2CCCCC2)N(Cc2ccc(F)cc2)C(=O)Cc2c[nH]c3ccccc23)cc(OC)c1OC. The molecule has 226 valence electrons. The first kappa shape index (κ1) is 29.9. The van der Waals surface area contributed by atoms with Crippen LogP contribution in [0.15, 0.2) is 66.9 Å². The number of halogens is 1. The summed E-state index contributed by atoms with van der Waals surface area (Å²) in [5.74, 6) is 0.200. The van der Waals surface area contributed by atoms with Gasteiger partial charge in [0.25, 0.3) is 0 Å². The number of carbonyl (C=O) groups excluding carboxylic acids is 2. The molecule has 0 unspecified atom stereocenters. The lowest BCUT2D eigenvalue weighted by Crippen LogP contribution is -2.47. The molecule has 1 aliphatic rings. The van der Waals surface area contributed by atoms with E-state index in [1.165, 1.54) is 33.5 Å². The lowest BCUT2D eigenvalue weighted by molar-refractivity contribution is -0.141. The fraction of sp³-hybridized carbons (Fsp3) is 0.353. The first-order chi connectivity index (χ1) is 20.9. The van der Waals surface area contributed by atoms with Crippen LogP contribution in [-0.4, -0.2) is 49.1 Å². The molecule has 0 saturated heterocycles. The normalized spacial score (nSPS) is 14.2. The highest BCUT2D eigenvalue weighted by Gasteiger charge is 2.35. The molecule has 0 spiro atoms. The molecule has 1 fully saturated rings. The number of aromatic amines is 1. The number of ether oxygens (including phenoxy) is 3.